The Morgan fingerprint density at radius 1 is 0.800 bits per heavy atom. The highest BCUT2D eigenvalue weighted by Gasteiger charge is 2.34. The lowest BCUT2D eigenvalue weighted by Gasteiger charge is -2.44. The first-order chi connectivity index (χ1) is 11.9. The Labute approximate surface area is 157 Å². The van der Waals surface area contributed by atoms with Crippen molar-refractivity contribution in [2.75, 3.05) is 19.6 Å². The van der Waals surface area contributed by atoms with Crippen molar-refractivity contribution in [1.82, 2.24) is 4.90 Å². The molecule has 25 heavy (non-hydrogen) atoms. The number of fused-ring (bicyclic) bond motifs is 3. The zero-order valence-corrected chi connectivity index (χ0v) is 15.6. The summed E-state index contributed by atoms with van der Waals surface area (Å²) in [4.78, 5) is 2.55. The molecule has 3 aliphatic rings. The van der Waals surface area contributed by atoms with E-state index in [0.29, 0.717) is 6.10 Å². The highest BCUT2D eigenvalue weighted by atomic mass is 35.5. The molecule has 2 aromatic rings. The molecule has 2 aromatic carbocycles. The van der Waals surface area contributed by atoms with Crippen LogP contribution in [-0.2, 0) is 24.2 Å². The average molecular weight is 358 g/mol. The summed E-state index contributed by atoms with van der Waals surface area (Å²) in [6.07, 6.45) is 5.30. The monoisotopic (exact) mass is 357 g/mol. The molecule has 1 atom stereocenters. The molecule has 134 valence electrons. The Balaban J connectivity index is 0.00000182. The quantitative estimate of drug-likeness (QED) is 0.754. The standard InChI is InChI=1S/C22H27NO.ClH/c1-2-4-18(5-3-1)6-7-19-8-10-20(11-9-19)17-24-22-16-23-14-12-21(22)13-15-23;/h1-5,8-11,21-22H,6-7,12-17H2;1H. The summed E-state index contributed by atoms with van der Waals surface area (Å²) in [5, 5.41) is 0. The van der Waals surface area contributed by atoms with Gasteiger partial charge >= 0.3 is 0 Å². The van der Waals surface area contributed by atoms with E-state index in [4.69, 9.17) is 4.74 Å². The molecule has 3 aliphatic heterocycles. The third kappa shape index (κ3) is 4.84. The van der Waals surface area contributed by atoms with Crippen molar-refractivity contribution < 1.29 is 4.74 Å². The van der Waals surface area contributed by atoms with Crippen LogP contribution in [0.5, 0.6) is 0 Å². The molecule has 3 heteroatoms. The van der Waals surface area contributed by atoms with Crippen LogP contribution in [0, 0.1) is 5.92 Å². The predicted molar refractivity (Wildman–Crippen MR) is 105 cm³/mol. The Hall–Kier alpha value is -1.35. The van der Waals surface area contributed by atoms with Crippen molar-refractivity contribution in [1.29, 1.82) is 0 Å². The number of hydrogen-bond donors (Lipinski definition) is 0. The molecular weight excluding hydrogens is 330 g/mol. The van der Waals surface area contributed by atoms with E-state index >= 15 is 0 Å². The number of ether oxygens (including phenoxy) is 1. The second-order valence-electron chi connectivity index (χ2n) is 7.29. The zero-order chi connectivity index (χ0) is 16.2. The number of halogens is 1. The zero-order valence-electron chi connectivity index (χ0n) is 14.8. The molecule has 3 heterocycles. The molecule has 0 saturated carbocycles. The molecule has 0 aliphatic carbocycles. The van der Waals surface area contributed by atoms with Gasteiger partial charge in [-0.05, 0) is 61.4 Å². The van der Waals surface area contributed by atoms with Crippen molar-refractivity contribution >= 4 is 12.4 Å². The molecule has 0 radical (unpaired) electrons. The summed E-state index contributed by atoms with van der Waals surface area (Å²) in [5.41, 5.74) is 4.12. The number of hydrogen-bond acceptors (Lipinski definition) is 2. The number of benzene rings is 2. The molecular formula is C22H28ClNO. The van der Waals surface area contributed by atoms with E-state index in [0.717, 1.165) is 31.9 Å². The Kier molecular flexibility index (Phi) is 6.52. The van der Waals surface area contributed by atoms with E-state index in [2.05, 4.69) is 59.5 Å². The molecule has 0 spiro atoms. The first-order valence-corrected chi connectivity index (χ1v) is 9.32. The molecule has 0 aromatic heterocycles. The van der Waals surface area contributed by atoms with Gasteiger partial charge in [0.2, 0.25) is 0 Å². The third-order valence-corrected chi connectivity index (χ3v) is 5.63. The van der Waals surface area contributed by atoms with Crippen molar-refractivity contribution in [3.8, 4) is 0 Å². The summed E-state index contributed by atoms with van der Waals surface area (Å²) in [7, 11) is 0. The highest BCUT2D eigenvalue weighted by Crippen LogP contribution is 2.30. The average Bonchev–Trinajstić information content (AvgIpc) is 2.67. The van der Waals surface area contributed by atoms with Crippen LogP contribution < -0.4 is 0 Å². The van der Waals surface area contributed by atoms with Gasteiger partial charge in [0.25, 0.3) is 0 Å². The molecule has 5 rings (SSSR count). The second kappa shape index (κ2) is 8.84. The molecule has 3 fully saturated rings. The fourth-order valence-corrected chi connectivity index (χ4v) is 4.04. The minimum atomic E-state index is 0. The van der Waals surface area contributed by atoms with Crippen molar-refractivity contribution in [2.24, 2.45) is 5.92 Å². The lowest BCUT2D eigenvalue weighted by molar-refractivity contribution is -0.0765. The second-order valence-corrected chi connectivity index (χ2v) is 7.29. The topological polar surface area (TPSA) is 12.5 Å². The van der Waals surface area contributed by atoms with Gasteiger partial charge in [0.15, 0.2) is 0 Å². The van der Waals surface area contributed by atoms with Crippen LogP contribution in [0.3, 0.4) is 0 Å². The highest BCUT2D eigenvalue weighted by molar-refractivity contribution is 5.85. The minimum Gasteiger partial charge on any atom is -0.372 e. The van der Waals surface area contributed by atoms with Crippen molar-refractivity contribution in [3.63, 3.8) is 0 Å². The van der Waals surface area contributed by atoms with Gasteiger partial charge in [-0.1, -0.05) is 54.6 Å². The maximum Gasteiger partial charge on any atom is 0.0735 e. The normalized spacial score (nSPS) is 24.7. The van der Waals surface area contributed by atoms with Gasteiger partial charge in [-0.15, -0.1) is 12.4 Å². The Morgan fingerprint density at radius 2 is 1.40 bits per heavy atom. The molecule has 1 unspecified atom stereocenters. The maximum atomic E-state index is 6.23. The van der Waals surface area contributed by atoms with Crippen LogP contribution in [0.15, 0.2) is 54.6 Å². The van der Waals surface area contributed by atoms with Crippen LogP contribution in [0.2, 0.25) is 0 Å². The summed E-state index contributed by atoms with van der Waals surface area (Å²) < 4.78 is 6.23. The van der Waals surface area contributed by atoms with Crippen molar-refractivity contribution in [2.45, 2.75) is 38.4 Å². The SMILES string of the molecule is Cl.c1ccc(CCc2ccc(COC3CN4CCC3CC4)cc2)cc1. The lowest BCUT2D eigenvalue weighted by Crippen LogP contribution is -2.51. The summed E-state index contributed by atoms with van der Waals surface area (Å²) >= 11 is 0. The van der Waals surface area contributed by atoms with Gasteiger partial charge in [0.05, 0.1) is 12.7 Å². The van der Waals surface area contributed by atoms with Crippen LogP contribution in [-0.4, -0.2) is 30.6 Å². The molecule has 0 amide bonds. The fraction of sp³-hybridized carbons (Fsp3) is 0.455. The van der Waals surface area contributed by atoms with E-state index in [9.17, 15) is 0 Å². The van der Waals surface area contributed by atoms with Crippen molar-refractivity contribution in [3.05, 3.63) is 71.3 Å². The van der Waals surface area contributed by atoms with E-state index in [1.807, 2.05) is 0 Å². The smallest absolute Gasteiger partial charge is 0.0735 e. The van der Waals surface area contributed by atoms with Gasteiger partial charge < -0.3 is 9.64 Å². The maximum absolute atomic E-state index is 6.23. The van der Waals surface area contributed by atoms with Crippen LogP contribution in [0.4, 0.5) is 0 Å². The molecule has 3 saturated heterocycles. The minimum absolute atomic E-state index is 0. The summed E-state index contributed by atoms with van der Waals surface area (Å²) in [5.74, 6) is 0.792. The van der Waals surface area contributed by atoms with E-state index < -0.39 is 0 Å². The molecule has 2 nitrogen and oxygen atoms in total. The Bertz CT molecular complexity index is 635. The summed E-state index contributed by atoms with van der Waals surface area (Å²) in [6, 6.07) is 19.7. The van der Waals surface area contributed by atoms with Gasteiger partial charge in [0, 0.05) is 6.54 Å². The van der Waals surface area contributed by atoms with E-state index in [1.165, 1.54) is 42.6 Å². The first kappa shape index (κ1) is 18.4. The van der Waals surface area contributed by atoms with Crippen LogP contribution in [0.1, 0.15) is 29.5 Å². The van der Waals surface area contributed by atoms with Gasteiger partial charge in [0.1, 0.15) is 0 Å². The number of aryl methyl sites for hydroxylation is 2. The molecule has 2 bridgehead atoms. The van der Waals surface area contributed by atoms with Gasteiger partial charge in [-0.2, -0.15) is 0 Å². The van der Waals surface area contributed by atoms with Gasteiger partial charge in [-0.25, -0.2) is 0 Å². The summed E-state index contributed by atoms with van der Waals surface area (Å²) in [6.45, 7) is 4.45. The largest absolute Gasteiger partial charge is 0.372 e. The van der Waals surface area contributed by atoms with E-state index in [1.54, 1.807) is 0 Å². The fourth-order valence-electron chi connectivity index (χ4n) is 4.04. The van der Waals surface area contributed by atoms with Gasteiger partial charge in [-0.3, -0.25) is 0 Å². The predicted octanol–water partition coefficient (Wildman–Crippen LogP) is 4.50. The third-order valence-electron chi connectivity index (χ3n) is 5.63. The molecule has 0 N–H and O–H groups in total. The number of rotatable bonds is 6. The van der Waals surface area contributed by atoms with E-state index in [-0.39, 0.29) is 12.4 Å². The lowest BCUT2D eigenvalue weighted by atomic mass is 9.86. The Morgan fingerprint density at radius 3 is 2.00 bits per heavy atom. The first-order valence-electron chi connectivity index (χ1n) is 9.32. The number of nitrogens with zero attached hydrogens (tertiary/aromatic N) is 1. The van der Waals surface area contributed by atoms with Crippen LogP contribution in [0.25, 0.3) is 0 Å². The van der Waals surface area contributed by atoms with Crippen LogP contribution >= 0.6 is 12.4 Å². The number of piperidine rings is 3.